The van der Waals surface area contributed by atoms with Crippen LogP contribution in [0.25, 0.3) is 0 Å². The first kappa shape index (κ1) is 11.2. The van der Waals surface area contributed by atoms with E-state index in [0.29, 0.717) is 0 Å². The lowest BCUT2D eigenvalue weighted by Crippen LogP contribution is -1.95. The molecular formula is C14H14BrN. The number of anilines is 2. The maximum Gasteiger partial charge on any atom is 0.0558 e. The van der Waals surface area contributed by atoms with E-state index in [4.69, 9.17) is 0 Å². The highest BCUT2D eigenvalue weighted by Gasteiger charge is 2.04. The van der Waals surface area contributed by atoms with Crippen LogP contribution >= 0.6 is 15.9 Å². The summed E-state index contributed by atoms with van der Waals surface area (Å²) in [5.41, 5.74) is 4.77. The van der Waals surface area contributed by atoms with Crippen molar-refractivity contribution in [3.63, 3.8) is 0 Å². The zero-order chi connectivity index (χ0) is 11.5. The number of para-hydroxylation sites is 2. The number of rotatable bonds is 2. The smallest absolute Gasteiger partial charge is 0.0558 e. The van der Waals surface area contributed by atoms with Gasteiger partial charge in [0.1, 0.15) is 0 Å². The number of halogens is 1. The SMILES string of the molecule is Cc1ccccc1Nc1c(C)cccc1Br. The van der Waals surface area contributed by atoms with Crippen molar-refractivity contribution >= 4 is 27.3 Å². The number of benzene rings is 2. The molecule has 82 valence electrons. The standard InChI is InChI=1S/C14H14BrN/c1-10-6-3-4-9-13(10)16-14-11(2)7-5-8-12(14)15/h3-9,16H,1-2H3. The number of aryl methyl sites for hydroxylation is 2. The number of hydrogen-bond donors (Lipinski definition) is 1. The molecule has 0 unspecified atom stereocenters. The minimum Gasteiger partial charge on any atom is -0.354 e. The molecule has 2 heteroatoms. The van der Waals surface area contributed by atoms with Crippen molar-refractivity contribution in [1.82, 2.24) is 0 Å². The van der Waals surface area contributed by atoms with Gasteiger partial charge in [-0.15, -0.1) is 0 Å². The molecule has 1 N–H and O–H groups in total. The van der Waals surface area contributed by atoms with Gasteiger partial charge in [0, 0.05) is 10.2 Å². The van der Waals surface area contributed by atoms with Crippen LogP contribution in [0.5, 0.6) is 0 Å². The van der Waals surface area contributed by atoms with Crippen molar-refractivity contribution in [3.8, 4) is 0 Å². The van der Waals surface area contributed by atoms with Crippen LogP contribution in [-0.4, -0.2) is 0 Å². The molecule has 0 saturated carbocycles. The fraction of sp³-hybridized carbons (Fsp3) is 0.143. The zero-order valence-electron chi connectivity index (χ0n) is 9.42. The normalized spacial score (nSPS) is 10.2. The number of hydrogen-bond acceptors (Lipinski definition) is 1. The molecule has 2 rings (SSSR count). The molecule has 0 bridgehead atoms. The lowest BCUT2D eigenvalue weighted by molar-refractivity contribution is 1.38. The van der Waals surface area contributed by atoms with Gasteiger partial charge in [-0.25, -0.2) is 0 Å². The Morgan fingerprint density at radius 1 is 0.875 bits per heavy atom. The summed E-state index contributed by atoms with van der Waals surface area (Å²) in [7, 11) is 0. The average molecular weight is 276 g/mol. The third-order valence-corrected chi connectivity index (χ3v) is 3.29. The van der Waals surface area contributed by atoms with Gasteiger partial charge in [0.05, 0.1) is 5.69 Å². The van der Waals surface area contributed by atoms with Gasteiger partial charge in [-0.05, 0) is 53.0 Å². The summed E-state index contributed by atoms with van der Waals surface area (Å²) in [6.45, 7) is 4.21. The molecule has 0 amide bonds. The highest BCUT2D eigenvalue weighted by atomic mass is 79.9. The summed E-state index contributed by atoms with van der Waals surface area (Å²) in [6, 6.07) is 14.5. The van der Waals surface area contributed by atoms with Gasteiger partial charge in [0.25, 0.3) is 0 Å². The molecule has 0 aliphatic rings. The quantitative estimate of drug-likeness (QED) is 0.830. The van der Waals surface area contributed by atoms with Gasteiger partial charge in [0.2, 0.25) is 0 Å². The van der Waals surface area contributed by atoms with Crippen molar-refractivity contribution < 1.29 is 0 Å². The van der Waals surface area contributed by atoms with Crippen LogP contribution in [0.15, 0.2) is 46.9 Å². The Morgan fingerprint density at radius 3 is 2.25 bits per heavy atom. The molecule has 0 spiro atoms. The van der Waals surface area contributed by atoms with E-state index >= 15 is 0 Å². The van der Waals surface area contributed by atoms with Gasteiger partial charge in [-0.2, -0.15) is 0 Å². The average Bonchev–Trinajstić information content (AvgIpc) is 2.26. The van der Waals surface area contributed by atoms with E-state index < -0.39 is 0 Å². The largest absolute Gasteiger partial charge is 0.354 e. The minimum atomic E-state index is 1.09. The molecule has 0 aliphatic heterocycles. The second-order valence-corrected chi connectivity index (χ2v) is 4.73. The third kappa shape index (κ3) is 2.27. The molecule has 0 saturated heterocycles. The zero-order valence-corrected chi connectivity index (χ0v) is 11.0. The third-order valence-electron chi connectivity index (χ3n) is 2.63. The van der Waals surface area contributed by atoms with Gasteiger partial charge >= 0.3 is 0 Å². The molecule has 0 heterocycles. The van der Waals surface area contributed by atoms with Crippen LogP contribution in [0.4, 0.5) is 11.4 Å². The summed E-state index contributed by atoms with van der Waals surface area (Å²) in [5, 5.41) is 3.46. The van der Waals surface area contributed by atoms with Gasteiger partial charge < -0.3 is 5.32 Å². The highest BCUT2D eigenvalue weighted by molar-refractivity contribution is 9.10. The molecule has 1 nitrogen and oxygen atoms in total. The van der Waals surface area contributed by atoms with E-state index in [-0.39, 0.29) is 0 Å². The van der Waals surface area contributed by atoms with Crippen molar-refractivity contribution in [2.75, 3.05) is 5.32 Å². The molecule has 16 heavy (non-hydrogen) atoms. The van der Waals surface area contributed by atoms with Crippen molar-refractivity contribution in [3.05, 3.63) is 58.1 Å². The van der Waals surface area contributed by atoms with Crippen molar-refractivity contribution in [2.24, 2.45) is 0 Å². The fourth-order valence-electron chi connectivity index (χ4n) is 1.64. The molecule has 0 aliphatic carbocycles. The minimum absolute atomic E-state index is 1.09. The second kappa shape index (κ2) is 4.71. The van der Waals surface area contributed by atoms with Crippen LogP contribution < -0.4 is 5.32 Å². The molecule has 0 aromatic heterocycles. The van der Waals surface area contributed by atoms with Gasteiger partial charge in [0.15, 0.2) is 0 Å². The van der Waals surface area contributed by atoms with Crippen LogP contribution in [-0.2, 0) is 0 Å². The predicted octanol–water partition coefficient (Wildman–Crippen LogP) is 4.81. The van der Waals surface area contributed by atoms with Crippen molar-refractivity contribution in [2.45, 2.75) is 13.8 Å². The van der Waals surface area contributed by atoms with Crippen molar-refractivity contribution in [1.29, 1.82) is 0 Å². The van der Waals surface area contributed by atoms with Crippen LogP contribution in [0.1, 0.15) is 11.1 Å². The second-order valence-electron chi connectivity index (χ2n) is 3.87. The van der Waals surface area contributed by atoms with E-state index in [2.05, 4.69) is 53.3 Å². The molecular weight excluding hydrogens is 262 g/mol. The maximum atomic E-state index is 3.57. The lowest BCUT2D eigenvalue weighted by Gasteiger charge is -2.13. The predicted molar refractivity (Wildman–Crippen MR) is 73.3 cm³/mol. The molecule has 0 fully saturated rings. The summed E-state index contributed by atoms with van der Waals surface area (Å²) in [4.78, 5) is 0. The Hall–Kier alpha value is -1.28. The molecule has 2 aromatic carbocycles. The van der Waals surface area contributed by atoms with Crippen LogP contribution in [0, 0.1) is 13.8 Å². The first-order valence-electron chi connectivity index (χ1n) is 5.26. The molecule has 0 atom stereocenters. The summed E-state index contributed by atoms with van der Waals surface area (Å²) >= 11 is 3.57. The van der Waals surface area contributed by atoms with Crippen LogP contribution in [0.3, 0.4) is 0 Å². The van der Waals surface area contributed by atoms with Gasteiger partial charge in [-0.1, -0.05) is 30.3 Å². The Kier molecular flexibility index (Phi) is 3.30. The first-order valence-corrected chi connectivity index (χ1v) is 6.05. The Balaban J connectivity index is 2.38. The van der Waals surface area contributed by atoms with E-state index in [9.17, 15) is 0 Å². The Morgan fingerprint density at radius 2 is 1.56 bits per heavy atom. The maximum absolute atomic E-state index is 3.57. The summed E-state index contributed by atoms with van der Waals surface area (Å²) in [6.07, 6.45) is 0. The van der Waals surface area contributed by atoms with E-state index in [0.717, 1.165) is 15.8 Å². The van der Waals surface area contributed by atoms with E-state index in [1.807, 2.05) is 24.3 Å². The summed E-state index contributed by atoms with van der Waals surface area (Å²) in [5.74, 6) is 0. The monoisotopic (exact) mass is 275 g/mol. The fourth-order valence-corrected chi connectivity index (χ4v) is 2.20. The van der Waals surface area contributed by atoms with E-state index in [1.54, 1.807) is 0 Å². The highest BCUT2D eigenvalue weighted by Crippen LogP contribution is 2.30. The Bertz CT molecular complexity index is 486. The topological polar surface area (TPSA) is 12.0 Å². The first-order chi connectivity index (χ1) is 7.68. The van der Waals surface area contributed by atoms with Crippen LogP contribution in [0.2, 0.25) is 0 Å². The van der Waals surface area contributed by atoms with Gasteiger partial charge in [-0.3, -0.25) is 0 Å². The number of nitrogens with one attached hydrogen (secondary N) is 1. The van der Waals surface area contributed by atoms with E-state index in [1.165, 1.54) is 11.1 Å². The molecule has 0 radical (unpaired) electrons. The summed E-state index contributed by atoms with van der Waals surface area (Å²) < 4.78 is 1.09. The Labute approximate surface area is 105 Å². The molecule has 2 aromatic rings. The lowest BCUT2D eigenvalue weighted by atomic mass is 10.1.